The monoisotopic (exact) mass is 361 g/mol. The summed E-state index contributed by atoms with van der Waals surface area (Å²) in [5, 5.41) is 0. The van der Waals surface area contributed by atoms with Crippen molar-refractivity contribution in [2.24, 2.45) is 5.73 Å². The number of methoxy groups -OCH3 is 1. The number of hydrogen-bond acceptors (Lipinski definition) is 3. The third-order valence-electron chi connectivity index (χ3n) is 3.94. The van der Waals surface area contributed by atoms with Crippen LogP contribution >= 0.6 is 0 Å². The maximum Gasteiger partial charge on any atom is 0.158 e. The fraction of sp³-hybridized carbons (Fsp3) is 0.609. The van der Waals surface area contributed by atoms with Crippen LogP contribution in [0.4, 0.5) is 0 Å². The van der Waals surface area contributed by atoms with Crippen LogP contribution in [0.2, 0.25) is 0 Å². The lowest BCUT2D eigenvalue weighted by Gasteiger charge is -1.98. The topological polar surface area (TPSA) is 52.3 Å². The van der Waals surface area contributed by atoms with Gasteiger partial charge in [0.05, 0.1) is 0 Å². The van der Waals surface area contributed by atoms with Gasteiger partial charge in [-0.3, -0.25) is 4.79 Å². The third-order valence-corrected chi connectivity index (χ3v) is 3.94. The molecule has 0 amide bonds. The number of Topliss-reactive ketones (excluding diaryl/α,β-unsaturated/α-hetero) is 1. The van der Waals surface area contributed by atoms with E-state index in [9.17, 15) is 4.79 Å². The minimum Gasteiger partial charge on any atom is -0.377 e. The molecule has 3 heteroatoms. The molecule has 148 valence electrons. The van der Waals surface area contributed by atoms with Crippen molar-refractivity contribution < 1.29 is 9.53 Å². The van der Waals surface area contributed by atoms with Gasteiger partial charge in [0.25, 0.3) is 0 Å². The van der Waals surface area contributed by atoms with Gasteiger partial charge in [0.15, 0.2) is 5.78 Å². The number of ether oxygens (including phenoxy) is 1. The molecule has 26 heavy (non-hydrogen) atoms. The predicted octanol–water partition coefficient (Wildman–Crippen LogP) is 5.68. The normalized spacial score (nSPS) is 12.4. The van der Waals surface area contributed by atoms with E-state index < -0.39 is 0 Å². The third kappa shape index (κ3) is 20.6. The zero-order valence-corrected chi connectivity index (χ0v) is 16.7. The number of unbranched alkanes of at least 4 members (excludes halogenated alkanes) is 5. The highest BCUT2D eigenvalue weighted by atomic mass is 16.5. The van der Waals surface area contributed by atoms with Crippen molar-refractivity contribution >= 4 is 5.78 Å². The zero-order valence-electron chi connectivity index (χ0n) is 16.7. The Morgan fingerprint density at radius 2 is 1.23 bits per heavy atom. The Labute approximate surface area is 161 Å². The van der Waals surface area contributed by atoms with Gasteiger partial charge in [-0.25, -0.2) is 0 Å². The SMILES string of the molecule is COCC(=O)CCCCCC=CCC=CCC=CCC=CCCCCN. The molecule has 0 spiro atoms. The maximum atomic E-state index is 11.3. The molecule has 0 heterocycles. The molecule has 0 unspecified atom stereocenters. The van der Waals surface area contributed by atoms with E-state index in [4.69, 9.17) is 10.5 Å². The summed E-state index contributed by atoms with van der Waals surface area (Å²) in [5.74, 6) is 0.209. The lowest BCUT2D eigenvalue weighted by atomic mass is 10.1. The largest absolute Gasteiger partial charge is 0.377 e. The standard InChI is InChI=1S/C23H39NO2/c1-26-22-23(25)20-18-16-14-12-10-8-6-4-2-3-5-7-9-11-13-15-17-19-21-24/h2,4-5,7-8,10-11,13H,3,6,9,12,14-22,24H2,1H3. The molecule has 0 radical (unpaired) electrons. The summed E-state index contributed by atoms with van der Waals surface area (Å²) in [4.78, 5) is 11.3. The van der Waals surface area contributed by atoms with Gasteiger partial charge in [-0.2, -0.15) is 0 Å². The Morgan fingerprint density at radius 3 is 1.73 bits per heavy atom. The Kier molecular flexibility index (Phi) is 20.4. The summed E-state index contributed by atoms with van der Waals surface area (Å²) < 4.78 is 4.82. The van der Waals surface area contributed by atoms with Crippen molar-refractivity contribution in [3.8, 4) is 0 Å². The molecule has 0 aromatic carbocycles. The van der Waals surface area contributed by atoms with Gasteiger partial charge in [-0.15, -0.1) is 0 Å². The summed E-state index contributed by atoms with van der Waals surface area (Å²) >= 11 is 0. The lowest BCUT2D eigenvalue weighted by molar-refractivity contribution is -0.122. The van der Waals surface area contributed by atoms with E-state index in [-0.39, 0.29) is 12.4 Å². The van der Waals surface area contributed by atoms with Gasteiger partial charge >= 0.3 is 0 Å². The van der Waals surface area contributed by atoms with Crippen LogP contribution in [0.3, 0.4) is 0 Å². The molecule has 0 saturated carbocycles. The molecule has 0 saturated heterocycles. The van der Waals surface area contributed by atoms with Crippen LogP contribution < -0.4 is 5.73 Å². The first kappa shape index (κ1) is 24.6. The van der Waals surface area contributed by atoms with Crippen molar-refractivity contribution in [1.29, 1.82) is 0 Å². The average Bonchev–Trinajstić information content (AvgIpc) is 2.64. The lowest BCUT2D eigenvalue weighted by Crippen LogP contribution is -2.05. The van der Waals surface area contributed by atoms with Gasteiger partial charge in [0, 0.05) is 13.5 Å². The van der Waals surface area contributed by atoms with E-state index in [0.717, 1.165) is 64.3 Å². The highest BCUT2D eigenvalue weighted by Gasteiger charge is 1.99. The van der Waals surface area contributed by atoms with Gasteiger partial charge in [-0.1, -0.05) is 55.0 Å². The summed E-state index contributed by atoms with van der Waals surface area (Å²) in [6.07, 6.45) is 29.3. The molecule has 0 aromatic rings. The Hall–Kier alpha value is -1.45. The fourth-order valence-corrected chi connectivity index (χ4v) is 2.45. The van der Waals surface area contributed by atoms with Gasteiger partial charge in [0.1, 0.15) is 6.61 Å². The molecular weight excluding hydrogens is 322 g/mol. The molecule has 0 aromatic heterocycles. The first-order valence-corrected chi connectivity index (χ1v) is 10.1. The van der Waals surface area contributed by atoms with Crippen molar-refractivity contribution in [2.75, 3.05) is 20.3 Å². The number of carbonyl (C=O) groups is 1. The number of nitrogens with two attached hydrogens (primary N) is 1. The van der Waals surface area contributed by atoms with Crippen LogP contribution in [0.25, 0.3) is 0 Å². The number of rotatable bonds is 18. The second kappa shape index (κ2) is 21.6. The van der Waals surface area contributed by atoms with Crippen LogP contribution in [0.15, 0.2) is 48.6 Å². The number of allylic oxidation sites excluding steroid dienone is 8. The molecule has 0 atom stereocenters. The molecule has 0 fully saturated rings. The van der Waals surface area contributed by atoms with E-state index in [2.05, 4.69) is 48.6 Å². The van der Waals surface area contributed by atoms with Crippen molar-refractivity contribution in [3.63, 3.8) is 0 Å². The molecule has 0 aliphatic rings. The van der Waals surface area contributed by atoms with E-state index in [1.54, 1.807) is 7.11 Å². The van der Waals surface area contributed by atoms with Crippen molar-refractivity contribution in [1.82, 2.24) is 0 Å². The first-order valence-electron chi connectivity index (χ1n) is 10.1. The predicted molar refractivity (Wildman–Crippen MR) is 113 cm³/mol. The van der Waals surface area contributed by atoms with E-state index in [1.807, 2.05) is 0 Å². The Balaban J connectivity index is 3.40. The van der Waals surface area contributed by atoms with Crippen LogP contribution in [0, 0.1) is 0 Å². The van der Waals surface area contributed by atoms with E-state index in [1.165, 1.54) is 6.42 Å². The first-order chi connectivity index (χ1) is 12.8. The summed E-state index contributed by atoms with van der Waals surface area (Å²) in [6.45, 7) is 1.06. The minimum atomic E-state index is 0.209. The number of carbonyl (C=O) groups excluding carboxylic acids is 1. The van der Waals surface area contributed by atoms with Crippen LogP contribution in [-0.4, -0.2) is 26.0 Å². The molecule has 2 N–H and O–H groups in total. The summed E-state index contributed by atoms with van der Waals surface area (Å²) in [6, 6.07) is 0. The molecule has 0 aliphatic heterocycles. The van der Waals surface area contributed by atoms with E-state index >= 15 is 0 Å². The number of ketones is 1. The minimum absolute atomic E-state index is 0.209. The van der Waals surface area contributed by atoms with Crippen molar-refractivity contribution in [3.05, 3.63) is 48.6 Å². The molecule has 0 rings (SSSR count). The fourth-order valence-electron chi connectivity index (χ4n) is 2.45. The molecule has 0 bridgehead atoms. The highest BCUT2D eigenvalue weighted by molar-refractivity contribution is 5.79. The van der Waals surface area contributed by atoms with Crippen LogP contribution in [0.5, 0.6) is 0 Å². The molecule has 0 aliphatic carbocycles. The smallest absolute Gasteiger partial charge is 0.158 e. The van der Waals surface area contributed by atoms with Gasteiger partial charge in [-0.05, 0) is 64.3 Å². The summed E-state index contributed by atoms with van der Waals surface area (Å²) in [7, 11) is 1.57. The molecule has 3 nitrogen and oxygen atoms in total. The highest BCUT2D eigenvalue weighted by Crippen LogP contribution is 2.05. The maximum absolute atomic E-state index is 11.3. The Bertz CT molecular complexity index is 422. The van der Waals surface area contributed by atoms with Crippen molar-refractivity contribution in [2.45, 2.75) is 70.6 Å². The quantitative estimate of drug-likeness (QED) is 0.252. The van der Waals surface area contributed by atoms with Crippen LogP contribution in [-0.2, 0) is 9.53 Å². The molecular formula is C23H39NO2. The van der Waals surface area contributed by atoms with Gasteiger partial charge < -0.3 is 10.5 Å². The average molecular weight is 362 g/mol. The van der Waals surface area contributed by atoms with Crippen LogP contribution in [0.1, 0.15) is 70.6 Å². The zero-order chi connectivity index (χ0) is 19.1. The second-order valence-corrected chi connectivity index (χ2v) is 6.45. The second-order valence-electron chi connectivity index (χ2n) is 6.45. The Morgan fingerprint density at radius 1 is 0.731 bits per heavy atom. The van der Waals surface area contributed by atoms with Gasteiger partial charge in [0.2, 0.25) is 0 Å². The van der Waals surface area contributed by atoms with E-state index in [0.29, 0.717) is 6.42 Å². The summed E-state index contributed by atoms with van der Waals surface area (Å²) in [5.41, 5.74) is 5.46. The number of hydrogen-bond donors (Lipinski definition) is 1.